The summed E-state index contributed by atoms with van der Waals surface area (Å²) < 4.78 is 5.27. The van der Waals surface area contributed by atoms with E-state index in [9.17, 15) is 4.79 Å². The summed E-state index contributed by atoms with van der Waals surface area (Å²) in [4.78, 5) is 13.5. The van der Waals surface area contributed by atoms with Crippen LogP contribution in [0.2, 0.25) is 0 Å². The highest BCUT2D eigenvalue weighted by Gasteiger charge is 2.22. The highest BCUT2D eigenvalue weighted by molar-refractivity contribution is 7.81. The van der Waals surface area contributed by atoms with Crippen LogP contribution in [0, 0.1) is 0 Å². The monoisotopic (exact) mass is 251 g/mol. The van der Waals surface area contributed by atoms with Gasteiger partial charge < -0.3 is 9.64 Å². The van der Waals surface area contributed by atoms with E-state index < -0.39 is 0 Å². The summed E-state index contributed by atoms with van der Waals surface area (Å²) in [6.07, 6.45) is 1.85. The van der Waals surface area contributed by atoms with Crippen LogP contribution in [0.25, 0.3) is 0 Å². The van der Waals surface area contributed by atoms with E-state index in [0.29, 0.717) is 13.2 Å². The van der Waals surface area contributed by atoms with E-state index >= 15 is 0 Å². The number of piperidine rings is 1. The number of nitrogens with zero attached hydrogens (tertiary/aromatic N) is 1. The molecule has 92 valence electrons. The van der Waals surface area contributed by atoms with E-state index in [1.807, 2.05) is 30.3 Å². The van der Waals surface area contributed by atoms with Crippen LogP contribution in [0.1, 0.15) is 18.4 Å². The fourth-order valence-corrected chi connectivity index (χ4v) is 2.31. The zero-order valence-corrected chi connectivity index (χ0v) is 10.6. The average molecular weight is 251 g/mol. The maximum Gasteiger partial charge on any atom is 0.410 e. The van der Waals surface area contributed by atoms with Gasteiger partial charge in [-0.3, -0.25) is 0 Å². The Morgan fingerprint density at radius 2 is 2.18 bits per heavy atom. The lowest BCUT2D eigenvalue weighted by Crippen LogP contribution is -2.40. The number of carbonyl (C=O) groups excluding carboxylic acids is 1. The highest BCUT2D eigenvalue weighted by Crippen LogP contribution is 2.15. The van der Waals surface area contributed by atoms with Gasteiger partial charge >= 0.3 is 6.09 Å². The lowest BCUT2D eigenvalue weighted by atomic mass is 10.1. The molecule has 0 aliphatic carbocycles. The summed E-state index contributed by atoms with van der Waals surface area (Å²) in [5.41, 5.74) is 1.01. The van der Waals surface area contributed by atoms with Crippen molar-refractivity contribution in [3.63, 3.8) is 0 Å². The number of ether oxygens (including phenoxy) is 1. The van der Waals surface area contributed by atoms with Gasteiger partial charge in [0, 0.05) is 18.3 Å². The van der Waals surface area contributed by atoms with Crippen molar-refractivity contribution in [1.82, 2.24) is 4.90 Å². The minimum atomic E-state index is -0.229. The molecule has 0 aromatic heterocycles. The summed E-state index contributed by atoms with van der Waals surface area (Å²) >= 11 is 4.40. The van der Waals surface area contributed by atoms with Crippen LogP contribution in [0.4, 0.5) is 4.79 Å². The van der Waals surface area contributed by atoms with Crippen molar-refractivity contribution < 1.29 is 9.53 Å². The van der Waals surface area contributed by atoms with Gasteiger partial charge in [-0.1, -0.05) is 30.3 Å². The first-order chi connectivity index (χ1) is 8.25. The molecule has 0 unspecified atom stereocenters. The Kier molecular flexibility index (Phi) is 4.31. The highest BCUT2D eigenvalue weighted by atomic mass is 32.1. The van der Waals surface area contributed by atoms with Crippen LogP contribution in [0.3, 0.4) is 0 Å². The zero-order valence-electron chi connectivity index (χ0n) is 9.71. The number of rotatable bonds is 2. The van der Waals surface area contributed by atoms with Gasteiger partial charge in [0.1, 0.15) is 6.61 Å². The second kappa shape index (κ2) is 5.96. The Morgan fingerprint density at radius 1 is 1.41 bits per heavy atom. The van der Waals surface area contributed by atoms with E-state index in [2.05, 4.69) is 12.6 Å². The third-order valence-electron chi connectivity index (χ3n) is 2.86. The first kappa shape index (κ1) is 12.3. The molecule has 4 heteroatoms. The maximum absolute atomic E-state index is 11.8. The topological polar surface area (TPSA) is 29.5 Å². The van der Waals surface area contributed by atoms with Gasteiger partial charge in [0.2, 0.25) is 0 Å². The first-order valence-corrected chi connectivity index (χ1v) is 6.41. The molecule has 1 fully saturated rings. The van der Waals surface area contributed by atoms with E-state index in [0.717, 1.165) is 24.9 Å². The lowest BCUT2D eigenvalue weighted by molar-refractivity contribution is 0.0904. The molecule has 1 atom stereocenters. The van der Waals surface area contributed by atoms with Crippen LogP contribution in [0.5, 0.6) is 0 Å². The van der Waals surface area contributed by atoms with Crippen molar-refractivity contribution in [2.24, 2.45) is 0 Å². The van der Waals surface area contributed by atoms with E-state index in [1.54, 1.807) is 4.90 Å². The van der Waals surface area contributed by atoms with Gasteiger partial charge in [-0.25, -0.2) is 4.79 Å². The van der Waals surface area contributed by atoms with Gasteiger partial charge in [-0.05, 0) is 18.4 Å². The maximum atomic E-state index is 11.8. The largest absolute Gasteiger partial charge is 0.445 e. The minimum absolute atomic E-state index is 0.229. The number of carbonyl (C=O) groups is 1. The molecule has 2 rings (SSSR count). The molecule has 0 bridgehead atoms. The number of hydrogen-bond donors (Lipinski definition) is 1. The Hall–Kier alpha value is -1.16. The van der Waals surface area contributed by atoms with Crippen molar-refractivity contribution >= 4 is 18.7 Å². The summed E-state index contributed by atoms with van der Waals surface area (Å²) in [6, 6.07) is 9.72. The molecule has 0 saturated carbocycles. The first-order valence-electron chi connectivity index (χ1n) is 5.89. The summed E-state index contributed by atoms with van der Waals surface area (Å²) in [7, 11) is 0. The number of amides is 1. The summed E-state index contributed by atoms with van der Waals surface area (Å²) in [6.45, 7) is 1.81. The third-order valence-corrected chi connectivity index (χ3v) is 3.28. The Labute approximate surface area is 107 Å². The molecule has 0 N–H and O–H groups in total. The number of likely N-dealkylation sites (tertiary alicyclic amines) is 1. The van der Waals surface area contributed by atoms with Crippen LogP contribution >= 0.6 is 12.6 Å². The molecule has 0 radical (unpaired) electrons. The molecule has 1 aromatic rings. The van der Waals surface area contributed by atoms with Crippen LogP contribution in [0.15, 0.2) is 30.3 Å². The van der Waals surface area contributed by atoms with Crippen molar-refractivity contribution in [3.8, 4) is 0 Å². The predicted molar refractivity (Wildman–Crippen MR) is 70.2 cm³/mol. The Balaban J connectivity index is 1.81. The van der Waals surface area contributed by atoms with Crippen molar-refractivity contribution in [1.29, 1.82) is 0 Å². The van der Waals surface area contributed by atoms with Crippen molar-refractivity contribution in [3.05, 3.63) is 35.9 Å². The zero-order chi connectivity index (χ0) is 12.1. The fourth-order valence-electron chi connectivity index (χ4n) is 1.93. The van der Waals surface area contributed by atoms with Gasteiger partial charge in [0.25, 0.3) is 0 Å². The molecule has 3 nitrogen and oxygen atoms in total. The molecule has 1 aliphatic rings. The quantitative estimate of drug-likeness (QED) is 0.819. The average Bonchev–Trinajstić information content (AvgIpc) is 2.37. The SMILES string of the molecule is O=C(OCc1ccccc1)N1CCC[C@@H](S)C1. The van der Waals surface area contributed by atoms with E-state index in [1.165, 1.54) is 0 Å². The number of thiol groups is 1. The summed E-state index contributed by atoms with van der Waals surface area (Å²) in [5.74, 6) is 0. The smallest absolute Gasteiger partial charge is 0.410 e. The normalized spacial score (nSPS) is 20.1. The number of benzene rings is 1. The third kappa shape index (κ3) is 3.66. The molecule has 1 aliphatic heterocycles. The second-order valence-electron chi connectivity index (χ2n) is 4.28. The molecular weight excluding hydrogens is 234 g/mol. The Morgan fingerprint density at radius 3 is 2.88 bits per heavy atom. The molecule has 1 saturated heterocycles. The van der Waals surface area contributed by atoms with E-state index in [4.69, 9.17) is 4.74 Å². The molecule has 0 spiro atoms. The second-order valence-corrected chi connectivity index (χ2v) is 5.01. The lowest BCUT2D eigenvalue weighted by Gasteiger charge is -2.29. The standard InChI is InChI=1S/C13H17NO2S/c15-13(14-8-4-7-12(17)9-14)16-10-11-5-2-1-3-6-11/h1-3,5-6,12,17H,4,7-10H2/t12-/m1/s1. The predicted octanol–water partition coefficient (Wildman–Crippen LogP) is 2.72. The van der Waals surface area contributed by atoms with Crippen LogP contribution in [-0.4, -0.2) is 29.3 Å². The van der Waals surface area contributed by atoms with Crippen molar-refractivity contribution in [2.45, 2.75) is 24.7 Å². The molecule has 1 heterocycles. The van der Waals surface area contributed by atoms with Crippen molar-refractivity contribution in [2.75, 3.05) is 13.1 Å². The van der Waals surface area contributed by atoms with Crippen LogP contribution < -0.4 is 0 Å². The van der Waals surface area contributed by atoms with Gasteiger partial charge in [-0.2, -0.15) is 12.6 Å². The number of hydrogen-bond acceptors (Lipinski definition) is 3. The van der Waals surface area contributed by atoms with E-state index in [-0.39, 0.29) is 11.3 Å². The molecular formula is C13H17NO2S. The van der Waals surface area contributed by atoms with Gasteiger partial charge in [0.05, 0.1) is 0 Å². The summed E-state index contributed by atoms with van der Waals surface area (Å²) in [5, 5.41) is 0.285. The van der Waals surface area contributed by atoms with Gasteiger partial charge in [0.15, 0.2) is 0 Å². The molecule has 17 heavy (non-hydrogen) atoms. The molecule has 1 amide bonds. The molecule has 1 aromatic carbocycles. The fraction of sp³-hybridized carbons (Fsp3) is 0.462. The Bertz CT molecular complexity index is 369. The van der Waals surface area contributed by atoms with Crippen LogP contribution in [-0.2, 0) is 11.3 Å². The minimum Gasteiger partial charge on any atom is -0.445 e. The van der Waals surface area contributed by atoms with Gasteiger partial charge in [-0.15, -0.1) is 0 Å².